The molecule has 0 radical (unpaired) electrons. The zero-order valence-electron chi connectivity index (χ0n) is 7.12. The van der Waals surface area contributed by atoms with Gasteiger partial charge in [-0.1, -0.05) is 6.58 Å². The summed E-state index contributed by atoms with van der Waals surface area (Å²) in [7, 11) is 0. The molecule has 1 unspecified atom stereocenters. The summed E-state index contributed by atoms with van der Waals surface area (Å²) in [5.74, 6) is -0.343. The normalized spacial score (nSPS) is 21.2. The van der Waals surface area contributed by atoms with Gasteiger partial charge in [0, 0.05) is 12.7 Å². The number of carbonyl (C=O) groups is 1. The SMILES string of the molecule is C=CC(=O)OCCCC1CCO1. The van der Waals surface area contributed by atoms with Crippen LogP contribution in [0, 0.1) is 0 Å². The fourth-order valence-electron chi connectivity index (χ4n) is 1.05. The van der Waals surface area contributed by atoms with Crippen molar-refractivity contribution in [3.63, 3.8) is 0 Å². The molecule has 1 atom stereocenters. The van der Waals surface area contributed by atoms with Crippen molar-refractivity contribution in [2.45, 2.75) is 25.4 Å². The van der Waals surface area contributed by atoms with Crippen molar-refractivity contribution in [1.82, 2.24) is 0 Å². The molecule has 3 nitrogen and oxygen atoms in total. The summed E-state index contributed by atoms with van der Waals surface area (Å²) in [5, 5.41) is 0. The fraction of sp³-hybridized carbons (Fsp3) is 0.667. The van der Waals surface area contributed by atoms with Crippen LogP contribution in [0.25, 0.3) is 0 Å². The first-order valence-corrected chi connectivity index (χ1v) is 4.23. The Balaban J connectivity index is 1.88. The average Bonchev–Trinajstić information content (AvgIpc) is 2.00. The second kappa shape index (κ2) is 4.93. The third-order valence-electron chi connectivity index (χ3n) is 1.87. The van der Waals surface area contributed by atoms with Gasteiger partial charge in [-0.3, -0.25) is 0 Å². The number of hydrogen-bond acceptors (Lipinski definition) is 3. The van der Waals surface area contributed by atoms with Gasteiger partial charge in [-0.25, -0.2) is 4.79 Å². The molecule has 0 spiro atoms. The molecule has 0 aromatic carbocycles. The summed E-state index contributed by atoms with van der Waals surface area (Å²) in [6.07, 6.45) is 4.61. The van der Waals surface area contributed by atoms with Crippen LogP contribution in [-0.2, 0) is 14.3 Å². The highest BCUT2D eigenvalue weighted by Crippen LogP contribution is 2.15. The molecule has 0 aromatic heterocycles. The maximum atomic E-state index is 10.6. The zero-order valence-corrected chi connectivity index (χ0v) is 7.12. The van der Waals surface area contributed by atoms with Crippen LogP contribution in [0.2, 0.25) is 0 Å². The van der Waals surface area contributed by atoms with Crippen LogP contribution in [0.5, 0.6) is 0 Å². The molecule has 1 heterocycles. The Morgan fingerprint density at radius 1 is 1.75 bits per heavy atom. The molecule has 0 amide bonds. The molecule has 0 aromatic rings. The molecule has 3 heteroatoms. The van der Waals surface area contributed by atoms with Crippen molar-refractivity contribution in [3.8, 4) is 0 Å². The Hall–Kier alpha value is -0.830. The standard InChI is InChI=1S/C9H14O3/c1-2-9(10)12-6-3-4-8-5-7-11-8/h2,8H,1,3-7H2. The summed E-state index contributed by atoms with van der Waals surface area (Å²) >= 11 is 0. The molecule has 0 saturated carbocycles. The average molecular weight is 170 g/mol. The van der Waals surface area contributed by atoms with E-state index >= 15 is 0 Å². The molecule has 0 N–H and O–H groups in total. The number of esters is 1. The Morgan fingerprint density at radius 2 is 2.50 bits per heavy atom. The Morgan fingerprint density at radius 3 is 3.00 bits per heavy atom. The van der Waals surface area contributed by atoms with Gasteiger partial charge in [0.15, 0.2) is 0 Å². The highest BCUT2D eigenvalue weighted by molar-refractivity contribution is 5.81. The van der Waals surface area contributed by atoms with E-state index in [4.69, 9.17) is 9.47 Å². The van der Waals surface area contributed by atoms with Gasteiger partial charge in [0.2, 0.25) is 0 Å². The van der Waals surface area contributed by atoms with E-state index in [-0.39, 0.29) is 5.97 Å². The van der Waals surface area contributed by atoms with Crippen LogP contribution < -0.4 is 0 Å². The first kappa shape index (κ1) is 9.26. The Labute approximate surface area is 72.4 Å². The molecular weight excluding hydrogens is 156 g/mol. The van der Waals surface area contributed by atoms with Gasteiger partial charge in [-0.2, -0.15) is 0 Å². The number of hydrogen-bond donors (Lipinski definition) is 0. The largest absolute Gasteiger partial charge is 0.463 e. The van der Waals surface area contributed by atoms with E-state index < -0.39 is 0 Å². The Kier molecular flexibility index (Phi) is 3.80. The molecule has 68 valence electrons. The molecule has 1 aliphatic rings. The van der Waals surface area contributed by atoms with Gasteiger partial charge >= 0.3 is 5.97 Å². The van der Waals surface area contributed by atoms with Crippen LogP contribution in [0.3, 0.4) is 0 Å². The van der Waals surface area contributed by atoms with E-state index in [2.05, 4.69) is 6.58 Å². The van der Waals surface area contributed by atoms with Crippen LogP contribution in [0.1, 0.15) is 19.3 Å². The Bertz CT molecular complexity index is 161. The van der Waals surface area contributed by atoms with Crippen molar-refractivity contribution in [1.29, 1.82) is 0 Å². The lowest BCUT2D eigenvalue weighted by molar-refractivity contribution is -0.138. The minimum atomic E-state index is -0.343. The summed E-state index contributed by atoms with van der Waals surface area (Å²) in [6, 6.07) is 0. The molecular formula is C9H14O3. The van der Waals surface area contributed by atoms with E-state index in [9.17, 15) is 4.79 Å². The topological polar surface area (TPSA) is 35.5 Å². The summed E-state index contributed by atoms with van der Waals surface area (Å²) in [6.45, 7) is 4.67. The third kappa shape index (κ3) is 3.05. The van der Waals surface area contributed by atoms with E-state index in [1.165, 1.54) is 6.08 Å². The minimum Gasteiger partial charge on any atom is -0.463 e. The second-order valence-corrected chi connectivity index (χ2v) is 2.80. The van der Waals surface area contributed by atoms with Gasteiger partial charge in [0.05, 0.1) is 12.7 Å². The fourth-order valence-corrected chi connectivity index (χ4v) is 1.05. The van der Waals surface area contributed by atoms with Gasteiger partial charge in [0.1, 0.15) is 0 Å². The second-order valence-electron chi connectivity index (χ2n) is 2.80. The lowest BCUT2D eigenvalue weighted by Gasteiger charge is -2.25. The molecule has 1 rings (SSSR count). The smallest absolute Gasteiger partial charge is 0.330 e. The van der Waals surface area contributed by atoms with E-state index in [0.29, 0.717) is 12.7 Å². The van der Waals surface area contributed by atoms with E-state index in [1.807, 2.05) is 0 Å². The third-order valence-corrected chi connectivity index (χ3v) is 1.87. The van der Waals surface area contributed by atoms with Crippen LogP contribution in [0.4, 0.5) is 0 Å². The van der Waals surface area contributed by atoms with Crippen LogP contribution in [-0.4, -0.2) is 25.3 Å². The first-order chi connectivity index (χ1) is 5.83. The quantitative estimate of drug-likeness (QED) is 0.354. The maximum absolute atomic E-state index is 10.6. The van der Waals surface area contributed by atoms with Gasteiger partial charge in [-0.05, 0) is 19.3 Å². The zero-order chi connectivity index (χ0) is 8.81. The van der Waals surface area contributed by atoms with Crippen molar-refractivity contribution in [2.24, 2.45) is 0 Å². The summed E-state index contributed by atoms with van der Waals surface area (Å²) in [5.41, 5.74) is 0. The highest BCUT2D eigenvalue weighted by atomic mass is 16.5. The van der Waals surface area contributed by atoms with Crippen molar-refractivity contribution in [3.05, 3.63) is 12.7 Å². The monoisotopic (exact) mass is 170 g/mol. The molecule has 1 saturated heterocycles. The minimum absolute atomic E-state index is 0.343. The summed E-state index contributed by atoms with van der Waals surface area (Å²) in [4.78, 5) is 10.6. The van der Waals surface area contributed by atoms with Gasteiger partial charge < -0.3 is 9.47 Å². The molecule has 0 aliphatic carbocycles. The van der Waals surface area contributed by atoms with Crippen molar-refractivity contribution >= 4 is 5.97 Å². The van der Waals surface area contributed by atoms with Crippen molar-refractivity contribution in [2.75, 3.05) is 13.2 Å². The first-order valence-electron chi connectivity index (χ1n) is 4.23. The highest BCUT2D eigenvalue weighted by Gasteiger charge is 2.16. The molecule has 1 fully saturated rings. The van der Waals surface area contributed by atoms with E-state index in [1.54, 1.807) is 0 Å². The lowest BCUT2D eigenvalue weighted by Crippen LogP contribution is -2.26. The number of rotatable bonds is 5. The molecule has 12 heavy (non-hydrogen) atoms. The predicted molar refractivity (Wildman–Crippen MR) is 44.7 cm³/mol. The van der Waals surface area contributed by atoms with Gasteiger partial charge in [-0.15, -0.1) is 0 Å². The van der Waals surface area contributed by atoms with Crippen molar-refractivity contribution < 1.29 is 14.3 Å². The van der Waals surface area contributed by atoms with Crippen LogP contribution >= 0.6 is 0 Å². The number of ether oxygens (including phenoxy) is 2. The molecule has 1 aliphatic heterocycles. The van der Waals surface area contributed by atoms with Crippen LogP contribution in [0.15, 0.2) is 12.7 Å². The van der Waals surface area contributed by atoms with Gasteiger partial charge in [0.25, 0.3) is 0 Å². The molecule has 0 bridgehead atoms. The predicted octanol–water partition coefficient (Wildman–Crippen LogP) is 1.28. The lowest BCUT2D eigenvalue weighted by atomic mass is 10.1. The summed E-state index contributed by atoms with van der Waals surface area (Å²) < 4.78 is 10.0. The van der Waals surface area contributed by atoms with E-state index in [0.717, 1.165) is 25.9 Å². The maximum Gasteiger partial charge on any atom is 0.330 e. The number of carbonyl (C=O) groups excluding carboxylic acids is 1.